The van der Waals surface area contributed by atoms with Gasteiger partial charge in [-0.2, -0.15) is 12.6 Å². The fourth-order valence-electron chi connectivity index (χ4n) is 1.00. The van der Waals surface area contributed by atoms with Gasteiger partial charge >= 0.3 is 0 Å². The highest BCUT2D eigenvalue weighted by Gasteiger charge is 2.01. The zero-order valence-electron chi connectivity index (χ0n) is 6.56. The monoisotopic (exact) mass is 204 g/mol. The lowest BCUT2D eigenvalue weighted by atomic mass is 10.1. The summed E-state index contributed by atoms with van der Waals surface area (Å²) in [5.41, 5.74) is 0.677. The van der Waals surface area contributed by atoms with Gasteiger partial charge in [0.15, 0.2) is 0 Å². The Bertz CT molecular complexity index is 263. The molecule has 1 aromatic rings. The molecule has 0 saturated carbocycles. The third-order valence-corrected chi connectivity index (χ3v) is 2.16. The average molecular weight is 205 g/mol. The van der Waals surface area contributed by atoms with Gasteiger partial charge in [-0.1, -0.05) is 11.6 Å². The first kappa shape index (κ1) is 9.87. The lowest BCUT2D eigenvalue weighted by molar-refractivity contribution is 0.608. The van der Waals surface area contributed by atoms with E-state index < -0.39 is 0 Å². The predicted molar refractivity (Wildman–Crippen MR) is 53.6 cm³/mol. The van der Waals surface area contributed by atoms with Crippen LogP contribution in [0.15, 0.2) is 18.2 Å². The van der Waals surface area contributed by atoms with Gasteiger partial charge in [0.25, 0.3) is 0 Å². The Balaban J connectivity index is 2.75. The molecule has 0 spiro atoms. The number of thiol groups is 1. The van der Waals surface area contributed by atoms with Gasteiger partial charge in [0.05, 0.1) is 0 Å². The first-order valence-electron chi connectivity index (χ1n) is 3.79. The van der Waals surface area contributed by atoms with Crippen LogP contribution < -0.4 is 0 Å². The molecule has 0 unspecified atom stereocenters. The van der Waals surface area contributed by atoms with Crippen LogP contribution in [0.4, 0.5) is 4.39 Å². The molecule has 12 heavy (non-hydrogen) atoms. The van der Waals surface area contributed by atoms with E-state index in [9.17, 15) is 4.39 Å². The van der Waals surface area contributed by atoms with Crippen molar-refractivity contribution >= 4 is 24.2 Å². The lowest BCUT2D eigenvalue weighted by Crippen LogP contribution is -1.91. The van der Waals surface area contributed by atoms with Crippen molar-refractivity contribution in [3.8, 4) is 0 Å². The molecule has 0 fully saturated rings. The van der Waals surface area contributed by atoms with E-state index >= 15 is 0 Å². The molecule has 0 aliphatic heterocycles. The summed E-state index contributed by atoms with van der Waals surface area (Å²) >= 11 is 9.77. The Morgan fingerprint density at radius 2 is 2.17 bits per heavy atom. The van der Waals surface area contributed by atoms with Crippen LogP contribution in [0.1, 0.15) is 12.0 Å². The van der Waals surface area contributed by atoms with E-state index in [1.165, 1.54) is 6.07 Å². The van der Waals surface area contributed by atoms with E-state index in [0.29, 0.717) is 17.0 Å². The summed E-state index contributed by atoms with van der Waals surface area (Å²) in [5.74, 6) is 0.590. The van der Waals surface area contributed by atoms with E-state index in [1.807, 2.05) is 0 Å². The molecule has 0 nitrogen and oxygen atoms in total. The quantitative estimate of drug-likeness (QED) is 0.718. The minimum atomic E-state index is -0.179. The molecule has 66 valence electrons. The molecule has 0 amide bonds. The Hall–Kier alpha value is -0.210. The predicted octanol–water partition coefficient (Wildman–Crippen LogP) is 3.34. The standard InChI is InChI=1S/C9H10ClFS/c10-8-3-4-9(11)7(6-8)2-1-5-12/h3-4,6,12H,1-2,5H2. The van der Waals surface area contributed by atoms with Gasteiger partial charge in [0.2, 0.25) is 0 Å². The molecule has 0 aliphatic carbocycles. The zero-order chi connectivity index (χ0) is 8.97. The van der Waals surface area contributed by atoms with Crippen LogP contribution in [0.25, 0.3) is 0 Å². The molecule has 0 bridgehead atoms. The molecule has 1 aromatic carbocycles. The molecule has 0 atom stereocenters. The minimum absolute atomic E-state index is 0.179. The van der Waals surface area contributed by atoms with Crippen molar-refractivity contribution in [2.45, 2.75) is 12.8 Å². The second kappa shape index (κ2) is 4.73. The summed E-state index contributed by atoms with van der Waals surface area (Å²) in [5, 5.41) is 0.588. The van der Waals surface area contributed by atoms with Crippen LogP contribution >= 0.6 is 24.2 Å². The average Bonchev–Trinajstić information content (AvgIpc) is 2.07. The maximum atomic E-state index is 13.0. The van der Waals surface area contributed by atoms with Crippen LogP contribution in [0, 0.1) is 5.82 Å². The molecule has 3 heteroatoms. The summed E-state index contributed by atoms with van der Waals surface area (Å²) in [6, 6.07) is 4.62. The molecule has 1 rings (SSSR count). The van der Waals surface area contributed by atoms with Gasteiger partial charge in [-0.15, -0.1) is 0 Å². The SMILES string of the molecule is Fc1ccc(Cl)cc1CCCS. The first-order chi connectivity index (χ1) is 5.74. The summed E-state index contributed by atoms with van der Waals surface area (Å²) in [6.07, 6.45) is 1.58. The van der Waals surface area contributed by atoms with E-state index in [2.05, 4.69) is 12.6 Å². The van der Waals surface area contributed by atoms with Gasteiger partial charge in [0, 0.05) is 5.02 Å². The van der Waals surface area contributed by atoms with Gasteiger partial charge in [-0.05, 0) is 42.4 Å². The number of rotatable bonds is 3. The molecule has 0 radical (unpaired) electrons. The van der Waals surface area contributed by atoms with Crippen LogP contribution in [0.3, 0.4) is 0 Å². The van der Waals surface area contributed by atoms with Crippen molar-refractivity contribution in [2.24, 2.45) is 0 Å². The van der Waals surface area contributed by atoms with E-state index in [4.69, 9.17) is 11.6 Å². The highest BCUT2D eigenvalue weighted by Crippen LogP contribution is 2.16. The highest BCUT2D eigenvalue weighted by molar-refractivity contribution is 7.80. The van der Waals surface area contributed by atoms with Crippen molar-refractivity contribution < 1.29 is 4.39 Å². The van der Waals surface area contributed by atoms with E-state index in [1.54, 1.807) is 12.1 Å². The first-order valence-corrected chi connectivity index (χ1v) is 4.80. The maximum absolute atomic E-state index is 13.0. The van der Waals surface area contributed by atoms with Crippen LogP contribution in [0.5, 0.6) is 0 Å². The van der Waals surface area contributed by atoms with Crippen molar-refractivity contribution in [1.29, 1.82) is 0 Å². The molecular formula is C9H10ClFS. The van der Waals surface area contributed by atoms with Crippen molar-refractivity contribution in [1.82, 2.24) is 0 Å². The summed E-state index contributed by atoms with van der Waals surface area (Å²) in [6.45, 7) is 0. The third kappa shape index (κ3) is 2.68. The summed E-state index contributed by atoms with van der Waals surface area (Å²) in [7, 11) is 0. The normalized spacial score (nSPS) is 10.2. The largest absolute Gasteiger partial charge is 0.207 e. The summed E-state index contributed by atoms with van der Waals surface area (Å²) in [4.78, 5) is 0. The molecule has 0 N–H and O–H groups in total. The Morgan fingerprint density at radius 3 is 2.83 bits per heavy atom. The second-order valence-corrected chi connectivity index (χ2v) is 3.45. The van der Waals surface area contributed by atoms with Gasteiger partial charge in [0.1, 0.15) is 5.82 Å². The molecule has 0 aromatic heterocycles. The molecule has 0 aliphatic rings. The Labute approximate surface area is 82.2 Å². The van der Waals surface area contributed by atoms with Crippen molar-refractivity contribution in [2.75, 3.05) is 5.75 Å². The van der Waals surface area contributed by atoms with Gasteiger partial charge < -0.3 is 0 Å². The van der Waals surface area contributed by atoms with Gasteiger partial charge in [-0.25, -0.2) is 4.39 Å². The second-order valence-electron chi connectivity index (χ2n) is 2.56. The molecule has 0 heterocycles. The van der Waals surface area contributed by atoms with Crippen molar-refractivity contribution in [3.63, 3.8) is 0 Å². The third-order valence-electron chi connectivity index (χ3n) is 1.61. The minimum Gasteiger partial charge on any atom is -0.207 e. The van der Waals surface area contributed by atoms with Crippen molar-refractivity contribution in [3.05, 3.63) is 34.6 Å². The molecular weight excluding hydrogens is 195 g/mol. The fraction of sp³-hybridized carbons (Fsp3) is 0.333. The topological polar surface area (TPSA) is 0 Å². The fourth-order valence-corrected chi connectivity index (χ4v) is 1.36. The smallest absolute Gasteiger partial charge is 0.126 e. The number of hydrogen-bond acceptors (Lipinski definition) is 1. The number of halogens is 2. The van der Waals surface area contributed by atoms with Crippen LogP contribution in [-0.4, -0.2) is 5.75 Å². The Morgan fingerprint density at radius 1 is 1.42 bits per heavy atom. The lowest BCUT2D eigenvalue weighted by Gasteiger charge is -2.01. The van der Waals surface area contributed by atoms with Crippen LogP contribution in [0.2, 0.25) is 5.02 Å². The zero-order valence-corrected chi connectivity index (χ0v) is 8.21. The number of benzene rings is 1. The Kier molecular flexibility index (Phi) is 3.89. The summed E-state index contributed by atoms with van der Waals surface area (Å²) < 4.78 is 13.0. The molecule has 0 saturated heterocycles. The highest BCUT2D eigenvalue weighted by atomic mass is 35.5. The maximum Gasteiger partial charge on any atom is 0.126 e. The van der Waals surface area contributed by atoms with Crippen LogP contribution in [-0.2, 0) is 6.42 Å². The number of aryl methyl sites for hydroxylation is 1. The van der Waals surface area contributed by atoms with Gasteiger partial charge in [-0.3, -0.25) is 0 Å². The van der Waals surface area contributed by atoms with E-state index in [0.717, 1.165) is 12.2 Å². The van der Waals surface area contributed by atoms with E-state index in [-0.39, 0.29) is 5.82 Å². The number of hydrogen-bond donors (Lipinski definition) is 1.